The number of rotatable bonds is 2. The van der Waals surface area contributed by atoms with E-state index in [4.69, 9.17) is 22.4 Å². The number of hydrogen-bond donors (Lipinski definition) is 3. The number of nitrogens with two attached hydrogens (primary N) is 3. The summed E-state index contributed by atoms with van der Waals surface area (Å²) in [6.45, 7) is 3.58. The molecule has 0 aromatic heterocycles. The van der Waals surface area contributed by atoms with Gasteiger partial charge >= 0.3 is 0 Å². The second-order valence-corrected chi connectivity index (χ2v) is 1.92. The van der Waals surface area contributed by atoms with Crippen molar-refractivity contribution >= 4 is 0 Å². The summed E-state index contributed by atoms with van der Waals surface area (Å²) >= 11 is 0. The Morgan fingerprint density at radius 3 is 1.62 bits per heavy atom. The molecule has 0 amide bonds. The summed E-state index contributed by atoms with van der Waals surface area (Å²) < 4.78 is 0. The van der Waals surface area contributed by atoms with E-state index in [0.717, 1.165) is 0 Å². The summed E-state index contributed by atoms with van der Waals surface area (Å²) in [5.41, 5.74) is 0. The Kier molecular flexibility index (Phi) is 2.32. The second-order valence-electron chi connectivity index (χ2n) is 1.92. The van der Waals surface area contributed by atoms with E-state index in [1.165, 1.54) is 0 Å². The van der Waals surface area contributed by atoms with Crippen LogP contribution in [0.3, 0.4) is 0 Å². The highest BCUT2D eigenvalue weighted by Gasteiger charge is 2.13. The first-order valence-corrected chi connectivity index (χ1v) is 2.35. The topological polar surface area (TPSA) is 87.3 Å². The number of nitrogens with zero attached hydrogens (tertiary/aromatic N) is 1. The molecule has 6 N–H and O–H groups in total. The molecule has 50 valence electrons. The average Bonchev–Trinajstić information content (AvgIpc) is 1.21. The summed E-state index contributed by atoms with van der Waals surface area (Å²) in [7, 11) is 0. The van der Waals surface area contributed by atoms with Gasteiger partial charge in [0.2, 0.25) is 0 Å². The van der Waals surface area contributed by atoms with Gasteiger partial charge < -0.3 is 0 Å². The SMILES string of the molecule is CC(C)O[N+](N)(N)N. The molecule has 5 nitrogen and oxygen atoms in total. The van der Waals surface area contributed by atoms with Gasteiger partial charge in [0.05, 0.1) is 0 Å². The normalized spacial score (nSPS) is 12.8. The molecule has 0 atom stereocenters. The maximum absolute atomic E-state index is 5.01. The van der Waals surface area contributed by atoms with Crippen molar-refractivity contribution in [2.24, 2.45) is 17.5 Å². The predicted molar refractivity (Wildman–Crippen MR) is 29.0 cm³/mol. The molecular formula is C3H13N4O+. The van der Waals surface area contributed by atoms with Crippen LogP contribution < -0.4 is 17.5 Å². The van der Waals surface area contributed by atoms with E-state index in [9.17, 15) is 0 Å². The van der Waals surface area contributed by atoms with Crippen molar-refractivity contribution in [2.75, 3.05) is 0 Å². The van der Waals surface area contributed by atoms with Crippen LogP contribution in [0.15, 0.2) is 0 Å². The van der Waals surface area contributed by atoms with E-state index in [-0.39, 0.29) is 6.10 Å². The van der Waals surface area contributed by atoms with Crippen LogP contribution in [0.2, 0.25) is 0 Å². The summed E-state index contributed by atoms with van der Waals surface area (Å²) in [4.78, 5) is 3.79. The molecule has 0 unspecified atom stereocenters. The van der Waals surface area contributed by atoms with E-state index < -0.39 is 4.97 Å². The van der Waals surface area contributed by atoms with Crippen LogP contribution in [0.1, 0.15) is 13.8 Å². The Morgan fingerprint density at radius 1 is 1.25 bits per heavy atom. The van der Waals surface area contributed by atoms with Crippen molar-refractivity contribution in [3.8, 4) is 0 Å². The molecule has 0 saturated heterocycles. The van der Waals surface area contributed by atoms with Gasteiger partial charge in [0.15, 0.2) is 0 Å². The van der Waals surface area contributed by atoms with Crippen molar-refractivity contribution in [3.05, 3.63) is 0 Å². The standard InChI is InChI=1S/C3H13N4O/c1-3(2)8-7(4,5)6/h3H,4-6H2,1-2H3/q+1. The zero-order valence-corrected chi connectivity index (χ0v) is 5.16. The van der Waals surface area contributed by atoms with Crippen LogP contribution in [0.5, 0.6) is 0 Å². The molecule has 0 aliphatic heterocycles. The van der Waals surface area contributed by atoms with E-state index in [2.05, 4.69) is 0 Å². The van der Waals surface area contributed by atoms with Crippen LogP contribution in [0.25, 0.3) is 0 Å². The van der Waals surface area contributed by atoms with Gasteiger partial charge in [0, 0.05) is 4.97 Å². The van der Waals surface area contributed by atoms with Crippen LogP contribution in [-0.4, -0.2) is 11.1 Å². The first-order valence-electron chi connectivity index (χ1n) is 2.35. The Bertz CT molecular complexity index is 66.2. The van der Waals surface area contributed by atoms with Crippen molar-refractivity contribution in [1.82, 2.24) is 0 Å². The molecule has 0 saturated carbocycles. The van der Waals surface area contributed by atoms with Gasteiger partial charge in [-0.3, -0.25) is 0 Å². The molecule has 0 radical (unpaired) electrons. The highest BCUT2D eigenvalue weighted by molar-refractivity contribution is 4.25. The fourth-order valence-corrected chi connectivity index (χ4v) is 0.365. The monoisotopic (exact) mass is 121 g/mol. The van der Waals surface area contributed by atoms with Gasteiger partial charge in [-0.05, 0) is 13.8 Å². The van der Waals surface area contributed by atoms with Crippen LogP contribution in [-0.2, 0) is 4.84 Å². The second kappa shape index (κ2) is 2.38. The zero-order valence-electron chi connectivity index (χ0n) is 5.16. The smallest absolute Gasteiger partial charge is 0.119 e. The number of quaternary nitrogens is 1. The van der Waals surface area contributed by atoms with Crippen molar-refractivity contribution in [2.45, 2.75) is 20.0 Å². The van der Waals surface area contributed by atoms with Gasteiger partial charge in [0.1, 0.15) is 6.10 Å². The van der Waals surface area contributed by atoms with E-state index in [1.54, 1.807) is 13.8 Å². The maximum Gasteiger partial charge on any atom is 0.119 e. The molecule has 0 fully saturated rings. The van der Waals surface area contributed by atoms with Crippen LogP contribution >= 0.6 is 0 Å². The van der Waals surface area contributed by atoms with Crippen LogP contribution in [0.4, 0.5) is 0 Å². The van der Waals surface area contributed by atoms with Crippen molar-refractivity contribution in [1.29, 1.82) is 0 Å². The van der Waals surface area contributed by atoms with E-state index >= 15 is 0 Å². The third-order valence-corrected chi connectivity index (χ3v) is 0.393. The Labute approximate surface area is 48.4 Å². The molecule has 0 aliphatic carbocycles. The molecule has 0 aliphatic rings. The van der Waals surface area contributed by atoms with Gasteiger partial charge in [-0.2, -0.15) is 0 Å². The lowest BCUT2D eigenvalue weighted by Crippen LogP contribution is -2.66. The molecule has 0 aromatic carbocycles. The molecule has 0 rings (SSSR count). The molecule has 0 aromatic rings. The van der Waals surface area contributed by atoms with E-state index in [1.807, 2.05) is 0 Å². The Balaban J connectivity index is 3.39. The Morgan fingerprint density at radius 2 is 1.62 bits per heavy atom. The molecule has 0 heterocycles. The van der Waals surface area contributed by atoms with Crippen molar-refractivity contribution < 1.29 is 9.81 Å². The minimum Gasteiger partial charge on any atom is -0.137 e. The summed E-state index contributed by atoms with van der Waals surface area (Å²) in [5.74, 6) is 15.0. The largest absolute Gasteiger partial charge is 0.137 e. The van der Waals surface area contributed by atoms with Gasteiger partial charge in [-0.15, -0.1) is 22.4 Å². The molecule has 5 heteroatoms. The third kappa shape index (κ3) is 5.80. The fourth-order valence-electron chi connectivity index (χ4n) is 0.365. The lowest BCUT2D eigenvalue weighted by Gasteiger charge is -2.18. The van der Waals surface area contributed by atoms with Crippen LogP contribution in [0, 0.1) is 0 Å². The Hall–Kier alpha value is -0.200. The first kappa shape index (κ1) is 7.80. The van der Waals surface area contributed by atoms with Crippen molar-refractivity contribution in [3.63, 3.8) is 0 Å². The van der Waals surface area contributed by atoms with Gasteiger partial charge in [0.25, 0.3) is 0 Å². The molecule has 0 bridgehead atoms. The highest BCUT2D eigenvalue weighted by Crippen LogP contribution is 1.88. The van der Waals surface area contributed by atoms with Gasteiger partial charge in [-0.1, -0.05) is 0 Å². The van der Waals surface area contributed by atoms with E-state index in [0.29, 0.717) is 0 Å². The minimum absolute atomic E-state index is 0.0602. The average molecular weight is 121 g/mol. The first-order chi connectivity index (χ1) is 3.42. The fraction of sp³-hybridized carbons (Fsp3) is 1.00. The summed E-state index contributed by atoms with van der Waals surface area (Å²) in [6.07, 6.45) is -0.0602. The predicted octanol–water partition coefficient (Wildman–Crippen LogP) is -1.24. The molecule has 0 spiro atoms. The third-order valence-electron chi connectivity index (χ3n) is 0.393. The number of hydrogen-bond acceptors (Lipinski definition) is 4. The summed E-state index contributed by atoms with van der Waals surface area (Å²) in [5, 5.41) is 0. The lowest BCUT2D eigenvalue weighted by atomic mass is 10.5. The zero-order chi connectivity index (χ0) is 6.78. The molecular weight excluding hydrogens is 108 g/mol. The maximum atomic E-state index is 5.01. The summed E-state index contributed by atoms with van der Waals surface area (Å²) in [6, 6.07) is 0. The highest BCUT2D eigenvalue weighted by atomic mass is 16.8. The van der Waals surface area contributed by atoms with Gasteiger partial charge in [-0.25, -0.2) is 0 Å². The lowest BCUT2D eigenvalue weighted by molar-refractivity contribution is -1.14. The molecule has 8 heavy (non-hydrogen) atoms. The minimum atomic E-state index is -0.919. The quantitative estimate of drug-likeness (QED) is 0.242.